The van der Waals surface area contributed by atoms with Crippen LogP contribution in [-0.2, 0) is 0 Å². The molecule has 0 bridgehead atoms. The maximum absolute atomic E-state index is 6.83. The average Bonchev–Trinajstić information content (AvgIpc) is 1.65. The Morgan fingerprint density at radius 1 is 1.75 bits per heavy atom. The molecule has 8 heavy (non-hydrogen) atoms. The first-order chi connectivity index (χ1) is 3.66. The molecule has 0 saturated carbocycles. The Balaban J connectivity index is 3.24. The topological polar surface area (TPSA) is 75.9 Å². The van der Waals surface area contributed by atoms with Crippen LogP contribution in [0.3, 0.4) is 0 Å². The summed E-state index contributed by atoms with van der Waals surface area (Å²) >= 11 is 0. The van der Waals surface area contributed by atoms with Gasteiger partial charge in [0.1, 0.15) is 0 Å². The Morgan fingerprint density at radius 2 is 2.25 bits per heavy atom. The highest BCUT2D eigenvalue weighted by atomic mass is 14.7. The van der Waals surface area contributed by atoms with Crippen molar-refractivity contribution in [3.8, 4) is 0 Å². The third-order valence-electron chi connectivity index (χ3n) is 1.01. The van der Waals surface area contributed by atoms with Crippen molar-refractivity contribution in [2.45, 2.75) is 25.8 Å². The van der Waals surface area contributed by atoms with Gasteiger partial charge in [-0.2, -0.15) is 0 Å². The number of hydrogen-bond acceptors (Lipinski definition) is 2. The Hall–Kier alpha value is -0.570. The molecule has 0 amide bonds. The van der Waals surface area contributed by atoms with Gasteiger partial charge in [0.15, 0.2) is 0 Å². The van der Waals surface area contributed by atoms with Crippen molar-refractivity contribution in [2.24, 2.45) is 11.5 Å². The molecule has 0 aromatic rings. The fraction of sp³-hybridized carbons (Fsp3) is 0.800. The molecule has 48 valence electrons. The van der Waals surface area contributed by atoms with Gasteiger partial charge in [0.2, 0.25) is 0 Å². The molecule has 0 saturated heterocycles. The highest BCUT2D eigenvalue weighted by molar-refractivity contribution is 5.77. The van der Waals surface area contributed by atoms with E-state index in [4.69, 9.17) is 16.9 Å². The minimum Gasteiger partial charge on any atom is -0.388 e. The lowest BCUT2D eigenvalue weighted by Crippen LogP contribution is -2.25. The van der Waals surface area contributed by atoms with Gasteiger partial charge in [-0.05, 0) is 6.42 Å². The number of nitrogens with one attached hydrogen (secondary N) is 1. The predicted molar refractivity (Wildman–Crippen MR) is 34.8 cm³/mol. The van der Waals surface area contributed by atoms with E-state index < -0.39 is 0 Å². The monoisotopic (exact) mass is 115 g/mol. The van der Waals surface area contributed by atoms with Crippen LogP contribution in [0.2, 0.25) is 0 Å². The molecule has 0 aliphatic heterocycles. The summed E-state index contributed by atoms with van der Waals surface area (Å²) in [5, 5.41) is 6.83. The first-order valence-electron chi connectivity index (χ1n) is 2.75. The van der Waals surface area contributed by atoms with Gasteiger partial charge in [0, 0.05) is 12.5 Å². The summed E-state index contributed by atoms with van der Waals surface area (Å²) in [5.41, 5.74) is 10.5. The molecule has 0 aliphatic carbocycles. The van der Waals surface area contributed by atoms with Gasteiger partial charge >= 0.3 is 0 Å². The lowest BCUT2D eigenvalue weighted by molar-refractivity contribution is 0.671. The normalized spacial score (nSPS) is 13.2. The number of hydrogen-bond donors (Lipinski definition) is 3. The highest BCUT2D eigenvalue weighted by Crippen LogP contribution is 1.90. The van der Waals surface area contributed by atoms with E-state index in [-0.39, 0.29) is 11.9 Å². The summed E-state index contributed by atoms with van der Waals surface area (Å²) in [5.74, 6) is 0.180. The van der Waals surface area contributed by atoms with Gasteiger partial charge in [-0.15, -0.1) is 0 Å². The second-order valence-electron chi connectivity index (χ2n) is 1.90. The summed E-state index contributed by atoms with van der Waals surface area (Å²) in [4.78, 5) is 0. The van der Waals surface area contributed by atoms with E-state index in [1.54, 1.807) is 0 Å². The summed E-state index contributed by atoms with van der Waals surface area (Å²) in [6, 6.07) is 0.0764. The quantitative estimate of drug-likeness (QED) is 0.359. The highest BCUT2D eigenvalue weighted by Gasteiger charge is 1.98. The SMILES string of the molecule is CCC(N)CC(=N)N. The van der Waals surface area contributed by atoms with Crippen LogP contribution in [0, 0.1) is 5.41 Å². The van der Waals surface area contributed by atoms with E-state index in [2.05, 4.69) is 0 Å². The van der Waals surface area contributed by atoms with E-state index in [0.29, 0.717) is 6.42 Å². The van der Waals surface area contributed by atoms with Gasteiger partial charge in [-0.3, -0.25) is 5.41 Å². The minimum absolute atomic E-state index is 0.0764. The fourth-order valence-electron chi connectivity index (χ4n) is 0.427. The maximum atomic E-state index is 6.83. The summed E-state index contributed by atoms with van der Waals surface area (Å²) < 4.78 is 0. The molecule has 0 heterocycles. The molecule has 0 fully saturated rings. The van der Waals surface area contributed by atoms with Crippen LogP contribution in [0.1, 0.15) is 19.8 Å². The van der Waals surface area contributed by atoms with Crippen LogP contribution in [0.5, 0.6) is 0 Å². The van der Waals surface area contributed by atoms with E-state index >= 15 is 0 Å². The molecule has 3 nitrogen and oxygen atoms in total. The Morgan fingerprint density at radius 3 is 2.38 bits per heavy atom. The molecule has 3 heteroatoms. The zero-order chi connectivity index (χ0) is 6.57. The van der Waals surface area contributed by atoms with Gasteiger partial charge in [0.25, 0.3) is 0 Å². The average molecular weight is 115 g/mol. The van der Waals surface area contributed by atoms with Crippen LogP contribution in [-0.4, -0.2) is 11.9 Å². The van der Waals surface area contributed by atoms with E-state index in [1.807, 2.05) is 6.92 Å². The second-order valence-corrected chi connectivity index (χ2v) is 1.90. The fourth-order valence-corrected chi connectivity index (χ4v) is 0.427. The predicted octanol–water partition coefficient (Wildman–Crippen LogP) is 0.0498. The largest absolute Gasteiger partial charge is 0.388 e. The summed E-state index contributed by atoms with van der Waals surface area (Å²) in [6.45, 7) is 1.98. The standard InChI is InChI=1S/C5H13N3/c1-2-4(6)3-5(7)8/h4H,2-3,6H2,1H3,(H3,7,8). The molecule has 1 unspecified atom stereocenters. The van der Waals surface area contributed by atoms with Gasteiger partial charge in [0.05, 0.1) is 5.84 Å². The molecule has 5 N–H and O–H groups in total. The molecule has 0 aromatic heterocycles. The van der Waals surface area contributed by atoms with Crippen molar-refractivity contribution < 1.29 is 0 Å². The molecular weight excluding hydrogens is 102 g/mol. The molecule has 1 atom stereocenters. The number of rotatable bonds is 3. The van der Waals surface area contributed by atoms with Crippen molar-refractivity contribution >= 4 is 5.84 Å². The van der Waals surface area contributed by atoms with Crippen LogP contribution in [0.4, 0.5) is 0 Å². The maximum Gasteiger partial charge on any atom is 0.0920 e. The summed E-state index contributed by atoms with van der Waals surface area (Å²) in [7, 11) is 0. The zero-order valence-electron chi connectivity index (χ0n) is 5.15. The van der Waals surface area contributed by atoms with Crippen molar-refractivity contribution in [3.05, 3.63) is 0 Å². The van der Waals surface area contributed by atoms with Gasteiger partial charge in [-0.25, -0.2) is 0 Å². The molecule has 0 aromatic carbocycles. The zero-order valence-corrected chi connectivity index (χ0v) is 5.15. The Labute approximate surface area is 49.6 Å². The van der Waals surface area contributed by atoms with Gasteiger partial charge in [-0.1, -0.05) is 6.92 Å². The third-order valence-corrected chi connectivity index (χ3v) is 1.01. The summed E-state index contributed by atoms with van der Waals surface area (Å²) in [6.07, 6.45) is 1.41. The van der Waals surface area contributed by atoms with Crippen molar-refractivity contribution in [2.75, 3.05) is 0 Å². The number of nitrogens with two attached hydrogens (primary N) is 2. The second kappa shape index (κ2) is 3.43. The van der Waals surface area contributed by atoms with E-state index in [9.17, 15) is 0 Å². The van der Waals surface area contributed by atoms with E-state index in [1.165, 1.54) is 0 Å². The van der Waals surface area contributed by atoms with Crippen molar-refractivity contribution in [3.63, 3.8) is 0 Å². The molecule has 0 rings (SSSR count). The molecular formula is C5H13N3. The van der Waals surface area contributed by atoms with Crippen LogP contribution in [0.25, 0.3) is 0 Å². The minimum atomic E-state index is 0.0764. The first-order valence-corrected chi connectivity index (χ1v) is 2.75. The first kappa shape index (κ1) is 7.43. The lowest BCUT2D eigenvalue weighted by Gasteiger charge is -2.04. The van der Waals surface area contributed by atoms with Crippen LogP contribution >= 0.6 is 0 Å². The third kappa shape index (κ3) is 3.61. The van der Waals surface area contributed by atoms with Gasteiger partial charge < -0.3 is 11.5 Å². The number of amidine groups is 1. The lowest BCUT2D eigenvalue weighted by atomic mass is 10.2. The van der Waals surface area contributed by atoms with Crippen LogP contribution in [0.15, 0.2) is 0 Å². The molecule has 0 spiro atoms. The Kier molecular flexibility index (Phi) is 3.19. The van der Waals surface area contributed by atoms with E-state index in [0.717, 1.165) is 6.42 Å². The Bertz CT molecular complexity index is 79.7. The van der Waals surface area contributed by atoms with Crippen molar-refractivity contribution in [1.82, 2.24) is 0 Å². The molecule has 0 radical (unpaired) electrons. The van der Waals surface area contributed by atoms with Crippen molar-refractivity contribution in [1.29, 1.82) is 5.41 Å². The van der Waals surface area contributed by atoms with Crippen LogP contribution < -0.4 is 11.5 Å². The molecule has 0 aliphatic rings. The smallest absolute Gasteiger partial charge is 0.0920 e.